The van der Waals surface area contributed by atoms with E-state index in [1.807, 2.05) is 43.0 Å². The highest BCUT2D eigenvalue weighted by molar-refractivity contribution is 7.90. The van der Waals surface area contributed by atoms with E-state index in [4.69, 9.17) is 4.42 Å². The van der Waals surface area contributed by atoms with Gasteiger partial charge in [-0.25, -0.2) is 13.1 Å². The largest absolute Gasteiger partial charge is 0.440 e. The van der Waals surface area contributed by atoms with E-state index < -0.39 is 22.0 Å². The Balaban J connectivity index is 1.30. The van der Waals surface area contributed by atoms with Gasteiger partial charge in [-0.1, -0.05) is 72.8 Å². The molecule has 0 saturated carbocycles. The molecule has 6 rings (SSSR count). The third-order valence-electron chi connectivity index (χ3n) is 7.61. The summed E-state index contributed by atoms with van der Waals surface area (Å²) >= 11 is 0. The second-order valence-corrected chi connectivity index (χ2v) is 12.5. The van der Waals surface area contributed by atoms with Crippen molar-refractivity contribution in [3.05, 3.63) is 135 Å². The lowest BCUT2D eigenvalue weighted by Crippen LogP contribution is -2.32. The van der Waals surface area contributed by atoms with Gasteiger partial charge in [0.25, 0.3) is 10.0 Å². The van der Waals surface area contributed by atoms with Gasteiger partial charge < -0.3 is 14.6 Å². The lowest BCUT2D eigenvalue weighted by Gasteiger charge is -2.21. The normalized spacial score (nSPS) is 13.5. The van der Waals surface area contributed by atoms with Crippen molar-refractivity contribution in [2.24, 2.45) is 0 Å². The molecule has 1 aliphatic heterocycles. The van der Waals surface area contributed by atoms with Gasteiger partial charge in [0.15, 0.2) is 5.43 Å². The van der Waals surface area contributed by atoms with Gasteiger partial charge in [0, 0.05) is 24.7 Å². The molecule has 5 aromatic rings. The minimum absolute atomic E-state index is 0.0582. The standard InChI is InChI=1S/C34H31N3O5S/c1-22-16-27(34-28(17-22)30(38)19-33(42-34)37-20-25-12-6-7-13-26(25)21-37)23(2)35-29-14-8-9-15-31(29)43(40,41)36-32(39)18-24-10-4-3-5-11-24/h3-17,19,23,35H,18,20-21H2,1-2H3,(H,36,39). The van der Waals surface area contributed by atoms with Crippen molar-refractivity contribution in [1.29, 1.82) is 0 Å². The monoisotopic (exact) mass is 593 g/mol. The Kier molecular flexibility index (Phi) is 7.50. The maximum atomic E-state index is 13.3. The number of fused-ring (bicyclic) bond motifs is 2. The molecule has 2 heterocycles. The van der Waals surface area contributed by atoms with Crippen molar-refractivity contribution >= 4 is 38.5 Å². The minimum atomic E-state index is -4.18. The third kappa shape index (κ3) is 5.89. The van der Waals surface area contributed by atoms with Crippen LogP contribution in [0.1, 0.15) is 40.8 Å². The van der Waals surface area contributed by atoms with Gasteiger partial charge >= 0.3 is 0 Å². The predicted octanol–water partition coefficient (Wildman–Crippen LogP) is 5.84. The van der Waals surface area contributed by atoms with E-state index >= 15 is 0 Å². The van der Waals surface area contributed by atoms with Gasteiger partial charge in [0.2, 0.25) is 11.8 Å². The summed E-state index contributed by atoms with van der Waals surface area (Å²) in [7, 11) is -4.18. The van der Waals surface area contributed by atoms with Gasteiger partial charge in [-0.3, -0.25) is 9.59 Å². The highest BCUT2D eigenvalue weighted by atomic mass is 32.2. The molecule has 0 fully saturated rings. The van der Waals surface area contributed by atoms with Crippen molar-refractivity contribution in [2.75, 3.05) is 10.2 Å². The first-order valence-electron chi connectivity index (χ1n) is 14.0. The molecule has 1 unspecified atom stereocenters. The van der Waals surface area contributed by atoms with Crippen molar-refractivity contribution in [1.82, 2.24) is 4.72 Å². The summed E-state index contributed by atoms with van der Waals surface area (Å²) in [4.78, 5) is 27.9. The van der Waals surface area contributed by atoms with E-state index in [2.05, 4.69) is 22.2 Å². The molecular weight excluding hydrogens is 562 g/mol. The summed E-state index contributed by atoms with van der Waals surface area (Å²) < 4.78 is 35.3. The lowest BCUT2D eigenvalue weighted by molar-refractivity contribution is -0.118. The van der Waals surface area contributed by atoms with Crippen molar-refractivity contribution in [3.63, 3.8) is 0 Å². The zero-order valence-corrected chi connectivity index (χ0v) is 24.6. The molecule has 0 spiro atoms. The average molecular weight is 594 g/mol. The van der Waals surface area contributed by atoms with Crippen molar-refractivity contribution in [2.45, 2.75) is 44.3 Å². The number of hydrogen-bond acceptors (Lipinski definition) is 7. The molecule has 1 atom stereocenters. The molecule has 9 heteroatoms. The van der Waals surface area contributed by atoms with Crippen LogP contribution < -0.4 is 20.4 Å². The van der Waals surface area contributed by atoms with Crippen LogP contribution in [0.4, 0.5) is 11.6 Å². The van der Waals surface area contributed by atoms with Crippen LogP contribution in [0.15, 0.2) is 111 Å². The minimum Gasteiger partial charge on any atom is -0.440 e. The van der Waals surface area contributed by atoms with Crippen LogP contribution in [-0.2, 0) is 34.3 Å². The number of nitrogens with one attached hydrogen (secondary N) is 2. The SMILES string of the molecule is Cc1cc(C(C)Nc2ccccc2S(=O)(=O)NC(=O)Cc2ccccc2)c2oc(N3Cc4ccccc4C3)cc(=O)c2c1. The molecule has 1 aliphatic rings. The molecule has 0 radical (unpaired) electrons. The Labute approximate surface area is 250 Å². The van der Waals surface area contributed by atoms with Crippen LogP contribution in [0, 0.1) is 6.92 Å². The Morgan fingerprint density at radius 1 is 0.907 bits per heavy atom. The molecule has 8 nitrogen and oxygen atoms in total. The fraction of sp³-hybridized carbons (Fsp3) is 0.176. The van der Waals surface area contributed by atoms with Crippen molar-refractivity contribution < 1.29 is 17.6 Å². The predicted molar refractivity (Wildman–Crippen MR) is 168 cm³/mol. The maximum absolute atomic E-state index is 13.3. The summed E-state index contributed by atoms with van der Waals surface area (Å²) in [5, 5.41) is 3.75. The third-order valence-corrected chi connectivity index (χ3v) is 9.04. The smallest absolute Gasteiger partial charge is 0.266 e. The van der Waals surface area contributed by atoms with Gasteiger partial charge in [0.05, 0.1) is 23.5 Å². The first kappa shape index (κ1) is 28.2. The second kappa shape index (κ2) is 11.4. The Morgan fingerprint density at radius 3 is 2.28 bits per heavy atom. The number of amides is 1. The molecule has 0 bridgehead atoms. The molecular formula is C34H31N3O5S. The van der Waals surface area contributed by atoms with E-state index in [-0.39, 0.29) is 16.7 Å². The van der Waals surface area contributed by atoms with Gasteiger partial charge in [0.1, 0.15) is 10.5 Å². The van der Waals surface area contributed by atoms with E-state index in [0.29, 0.717) is 46.8 Å². The van der Waals surface area contributed by atoms with Crippen LogP contribution in [0.3, 0.4) is 0 Å². The first-order valence-corrected chi connectivity index (χ1v) is 15.5. The highest BCUT2D eigenvalue weighted by Gasteiger charge is 2.25. The first-order chi connectivity index (χ1) is 20.7. The number of carbonyl (C=O) groups excluding carboxylic acids is 1. The zero-order chi connectivity index (χ0) is 30.1. The molecule has 43 heavy (non-hydrogen) atoms. The van der Waals surface area contributed by atoms with Gasteiger partial charge in [-0.2, -0.15) is 0 Å². The van der Waals surface area contributed by atoms with E-state index in [1.165, 1.54) is 23.3 Å². The quantitative estimate of drug-likeness (QED) is 0.233. The topological polar surface area (TPSA) is 109 Å². The average Bonchev–Trinajstić information content (AvgIpc) is 3.42. The molecule has 1 aromatic heterocycles. The number of sulfonamides is 1. The number of carbonyl (C=O) groups is 1. The fourth-order valence-electron chi connectivity index (χ4n) is 5.54. The Bertz CT molecular complexity index is 1980. The summed E-state index contributed by atoms with van der Waals surface area (Å²) in [5.74, 6) is -0.146. The van der Waals surface area contributed by atoms with Crippen LogP contribution in [0.5, 0.6) is 0 Å². The van der Waals surface area contributed by atoms with E-state index in [9.17, 15) is 18.0 Å². The summed E-state index contributed by atoms with van der Waals surface area (Å²) in [5.41, 5.74) is 5.30. The molecule has 1 amide bonds. The molecule has 0 aliphatic carbocycles. The summed E-state index contributed by atoms with van der Waals surface area (Å²) in [6, 6.07) is 28.3. The zero-order valence-electron chi connectivity index (χ0n) is 23.8. The van der Waals surface area contributed by atoms with Gasteiger partial charge in [-0.15, -0.1) is 0 Å². The number of benzene rings is 4. The molecule has 218 valence electrons. The maximum Gasteiger partial charge on any atom is 0.266 e. The molecule has 4 aromatic carbocycles. The molecule has 0 saturated heterocycles. The van der Waals surface area contributed by atoms with Crippen LogP contribution in [0.2, 0.25) is 0 Å². The summed E-state index contributed by atoms with van der Waals surface area (Å²) in [6.07, 6.45) is -0.0647. The Morgan fingerprint density at radius 2 is 1.56 bits per heavy atom. The number of aryl methyl sites for hydroxylation is 1. The van der Waals surface area contributed by atoms with E-state index in [1.54, 1.807) is 48.5 Å². The fourth-order valence-corrected chi connectivity index (χ4v) is 6.70. The van der Waals surface area contributed by atoms with E-state index in [0.717, 1.165) is 5.56 Å². The number of hydrogen-bond donors (Lipinski definition) is 2. The highest BCUT2D eigenvalue weighted by Crippen LogP contribution is 2.34. The summed E-state index contributed by atoms with van der Waals surface area (Å²) in [6.45, 7) is 5.06. The second-order valence-electron chi connectivity index (χ2n) is 10.9. The number of nitrogens with zero attached hydrogens (tertiary/aromatic N) is 1. The van der Waals surface area contributed by atoms with Crippen LogP contribution in [0.25, 0.3) is 11.0 Å². The number of anilines is 2. The number of para-hydroxylation sites is 1. The van der Waals surface area contributed by atoms with Crippen LogP contribution in [-0.4, -0.2) is 14.3 Å². The van der Waals surface area contributed by atoms with Crippen LogP contribution >= 0.6 is 0 Å². The number of rotatable bonds is 8. The lowest BCUT2D eigenvalue weighted by atomic mass is 10.0. The van der Waals surface area contributed by atoms with Gasteiger partial charge in [-0.05, 0) is 54.3 Å². The molecule has 2 N–H and O–H groups in total. The Hall–Kier alpha value is -4.89. The van der Waals surface area contributed by atoms with Crippen molar-refractivity contribution in [3.8, 4) is 0 Å².